The van der Waals surface area contributed by atoms with Gasteiger partial charge in [0.2, 0.25) is 10.0 Å². The van der Waals surface area contributed by atoms with Gasteiger partial charge in [-0.1, -0.05) is 0 Å². The monoisotopic (exact) mass is 261 g/mol. The first kappa shape index (κ1) is 14.0. The van der Waals surface area contributed by atoms with Crippen molar-refractivity contribution in [3.63, 3.8) is 0 Å². The Labute approximate surface area is 101 Å². The molecule has 0 saturated heterocycles. The molecule has 7 heteroatoms. The summed E-state index contributed by atoms with van der Waals surface area (Å²) in [5.41, 5.74) is 4.77. The summed E-state index contributed by atoms with van der Waals surface area (Å²) >= 11 is 0. The van der Waals surface area contributed by atoms with Gasteiger partial charge in [-0.2, -0.15) is 4.31 Å². The van der Waals surface area contributed by atoms with Gasteiger partial charge in [0.15, 0.2) is 0 Å². The van der Waals surface area contributed by atoms with E-state index in [2.05, 4.69) is 4.98 Å². The molecule has 0 aliphatic rings. The van der Waals surface area contributed by atoms with Crippen molar-refractivity contribution in [2.24, 2.45) is 5.73 Å². The maximum Gasteiger partial charge on any atom is 0.244 e. The second-order valence-electron chi connectivity index (χ2n) is 4.33. The smallest absolute Gasteiger partial charge is 0.244 e. The molecule has 96 valence electrons. The van der Waals surface area contributed by atoms with Crippen molar-refractivity contribution >= 4 is 10.0 Å². The van der Waals surface area contributed by atoms with Crippen LogP contribution in [0.25, 0.3) is 0 Å². The lowest BCUT2D eigenvalue weighted by molar-refractivity contribution is 0.274. The molecular weight excluding hydrogens is 245 g/mol. The zero-order valence-corrected chi connectivity index (χ0v) is 10.8. The summed E-state index contributed by atoms with van der Waals surface area (Å²) in [5.74, 6) is -0.690. The van der Waals surface area contributed by atoms with E-state index in [1.54, 1.807) is 13.8 Å². The van der Waals surface area contributed by atoms with E-state index in [1.165, 1.54) is 7.05 Å². The highest BCUT2D eigenvalue weighted by atomic mass is 32.2. The summed E-state index contributed by atoms with van der Waals surface area (Å²) in [5, 5.41) is 0. The number of sulfonamides is 1. The Hall–Kier alpha value is -1.05. The van der Waals surface area contributed by atoms with E-state index in [9.17, 15) is 12.8 Å². The molecule has 1 rings (SSSR count). The van der Waals surface area contributed by atoms with Crippen LogP contribution >= 0.6 is 0 Å². The molecule has 1 heterocycles. The first-order valence-corrected chi connectivity index (χ1v) is 6.45. The van der Waals surface area contributed by atoms with Crippen molar-refractivity contribution in [1.29, 1.82) is 0 Å². The first-order valence-electron chi connectivity index (χ1n) is 5.01. The lowest BCUT2D eigenvalue weighted by atomic mass is 10.1. The summed E-state index contributed by atoms with van der Waals surface area (Å²) in [6.45, 7) is 3.54. The van der Waals surface area contributed by atoms with Crippen molar-refractivity contribution in [3.8, 4) is 0 Å². The molecule has 0 fully saturated rings. The second kappa shape index (κ2) is 4.67. The SMILES string of the molecule is CN(C(C)(C)CN)S(=O)(=O)c1cncc(F)c1. The molecule has 0 aliphatic heterocycles. The molecule has 0 atom stereocenters. The molecule has 0 amide bonds. The predicted octanol–water partition coefficient (Wildman–Crippen LogP) is 0.578. The van der Waals surface area contributed by atoms with E-state index < -0.39 is 21.4 Å². The van der Waals surface area contributed by atoms with E-state index in [0.717, 1.165) is 22.8 Å². The van der Waals surface area contributed by atoms with Gasteiger partial charge in [-0.25, -0.2) is 12.8 Å². The van der Waals surface area contributed by atoms with Crippen molar-refractivity contribution < 1.29 is 12.8 Å². The molecule has 5 nitrogen and oxygen atoms in total. The van der Waals surface area contributed by atoms with Crippen LogP contribution in [0.3, 0.4) is 0 Å². The Morgan fingerprint density at radius 3 is 2.53 bits per heavy atom. The summed E-state index contributed by atoms with van der Waals surface area (Å²) in [4.78, 5) is 3.35. The number of pyridine rings is 1. The minimum Gasteiger partial charge on any atom is -0.329 e. The summed E-state index contributed by atoms with van der Waals surface area (Å²) in [6, 6.07) is 0.936. The first-order chi connectivity index (χ1) is 7.71. The zero-order chi connectivity index (χ0) is 13.3. The van der Waals surface area contributed by atoms with Crippen LogP contribution in [-0.2, 0) is 10.0 Å². The Kier molecular flexibility index (Phi) is 3.85. The van der Waals surface area contributed by atoms with Crippen LogP contribution in [0.2, 0.25) is 0 Å². The number of nitrogens with zero attached hydrogens (tertiary/aromatic N) is 2. The quantitative estimate of drug-likeness (QED) is 0.860. The van der Waals surface area contributed by atoms with Gasteiger partial charge in [-0.3, -0.25) is 4.98 Å². The summed E-state index contributed by atoms with van der Waals surface area (Å²) < 4.78 is 38.4. The zero-order valence-electron chi connectivity index (χ0n) is 10.0. The number of likely N-dealkylation sites (N-methyl/N-ethyl adjacent to an activating group) is 1. The third-order valence-electron chi connectivity index (χ3n) is 2.69. The second-order valence-corrected chi connectivity index (χ2v) is 6.30. The van der Waals surface area contributed by atoms with Gasteiger partial charge in [-0.05, 0) is 19.9 Å². The van der Waals surface area contributed by atoms with Crippen molar-refractivity contribution in [2.45, 2.75) is 24.3 Å². The molecule has 1 aromatic heterocycles. The number of rotatable bonds is 4. The van der Waals surface area contributed by atoms with Crippen LogP contribution in [-0.4, -0.2) is 36.8 Å². The van der Waals surface area contributed by atoms with Gasteiger partial charge in [0.05, 0.1) is 6.20 Å². The Balaban J connectivity index is 3.21. The molecule has 2 N–H and O–H groups in total. The predicted molar refractivity (Wildman–Crippen MR) is 62.3 cm³/mol. The molecule has 0 spiro atoms. The molecule has 0 radical (unpaired) electrons. The average molecular weight is 261 g/mol. The average Bonchev–Trinajstić information content (AvgIpc) is 2.28. The highest BCUT2D eigenvalue weighted by Gasteiger charge is 2.33. The molecule has 0 unspecified atom stereocenters. The van der Waals surface area contributed by atoms with Crippen molar-refractivity contribution in [3.05, 3.63) is 24.3 Å². The van der Waals surface area contributed by atoms with E-state index in [4.69, 9.17) is 5.73 Å². The molecule has 0 saturated carbocycles. The van der Waals surface area contributed by atoms with Crippen LogP contribution in [0.4, 0.5) is 4.39 Å². The van der Waals surface area contributed by atoms with Crippen LogP contribution in [0, 0.1) is 5.82 Å². The fourth-order valence-corrected chi connectivity index (χ4v) is 2.64. The van der Waals surface area contributed by atoms with Crippen LogP contribution in [0.1, 0.15) is 13.8 Å². The lowest BCUT2D eigenvalue weighted by Gasteiger charge is -2.33. The molecule has 0 aromatic carbocycles. The van der Waals surface area contributed by atoms with Crippen LogP contribution in [0.15, 0.2) is 23.4 Å². The maximum absolute atomic E-state index is 13.0. The Bertz CT molecular complexity index is 502. The van der Waals surface area contributed by atoms with Gasteiger partial charge in [0.25, 0.3) is 0 Å². The lowest BCUT2D eigenvalue weighted by Crippen LogP contribution is -2.49. The number of nitrogens with two attached hydrogens (primary N) is 1. The fourth-order valence-electron chi connectivity index (χ4n) is 1.15. The van der Waals surface area contributed by atoms with Gasteiger partial charge >= 0.3 is 0 Å². The molecule has 0 bridgehead atoms. The fraction of sp³-hybridized carbons (Fsp3) is 0.500. The van der Waals surface area contributed by atoms with Gasteiger partial charge < -0.3 is 5.73 Å². The standard InChI is InChI=1S/C10H16FN3O2S/c1-10(2,7-12)14(3)17(15,16)9-4-8(11)5-13-6-9/h4-6H,7,12H2,1-3H3. The van der Waals surface area contributed by atoms with Crippen molar-refractivity contribution in [1.82, 2.24) is 9.29 Å². The number of halogens is 1. The third-order valence-corrected chi connectivity index (χ3v) is 4.72. The normalized spacial score (nSPS) is 13.1. The Morgan fingerprint density at radius 2 is 2.06 bits per heavy atom. The van der Waals surface area contributed by atoms with Crippen molar-refractivity contribution in [2.75, 3.05) is 13.6 Å². The molecule has 0 aliphatic carbocycles. The Morgan fingerprint density at radius 1 is 1.47 bits per heavy atom. The molecule has 1 aromatic rings. The third kappa shape index (κ3) is 2.80. The number of aromatic nitrogens is 1. The highest BCUT2D eigenvalue weighted by Crippen LogP contribution is 2.21. The van der Waals surface area contributed by atoms with E-state index in [0.29, 0.717) is 0 Å². The van der Waals surface area contributed by atoms with Gasteiger partial charge in [-0.15, -0.1) is 0 Å². The highest BCUT2D eigenvalue weighted by molar-refractivity contribution is 7.89. The van der Waals surface area contributed by atoms with Crippen LogP contribution < -0.4 is 5.73 Å². The van der Waals surface area contributed by atoms with E-state index in [1.807, 2.05) is 0 Å². The maximum atomic E-state index is 13.0. The van der Waals surface area contributed by atoms with E-state index >= 15 is 0 Å². The van der Waals surface area contributed by atoms with Crippen LogP contribution in [0.5, 0.6) is 0 Å². The van der Waals surface area contributed by atoms with Gasteiger partial charge in [0, 0.05) is 25.3 Å². The van der Waals surface area contributed by atoms with Gasteiger partial charge in [0.1, 0.15) is 10.7 Å². The summed E-state index contributed by atoms with van der Waals surface area (Å²) in [7, 11) is -2.37. The molecule has 17 heavy (non-hydrogen) atoms. The topological polar surface area (TPSA) is 76.3 Å². The summed E-state index contributed by atoms with van der Waals surface area (Å²) in [6.07, 6.45) is 2.06. The number of hydrogen-bond acceptors (Lipinski definition) is 4. The largest absolute Gasteiger partial charge is 0.329 e. The minimum absolute atomic E-state index is 0.158. The van der Waals surface area contributed by atoms with E-state index in [-0.39, 0.29) is 11.4 Å². The minimum atomic E-state index is -3.78. The molecular formula is C10H16FN3O2S. The number of hydrogen-bond donors (Lipinski definition) is 1.